The summed E-state index contributed by atoms with van der Waals surface area (Å²) in [4.78, 5) is 75.8. The van der Waals surface area contributed by atoms with E-state index in [1.165, 1.54) is 13.2 Å². The Hall–Kier alpha value is -7.55. The number of hydrogen-bond donors (Lipinski definition) is 5. The highest BCUT2D eigenvalue weighted by molar-refractivity contribution is 6.23. The first-order valence-electron chi connectivity index (χ1n) is 21.7. The summed E-state index contributed by atoms with van der Waals surface area (Å²) < 4.78 is 23.0. The van der Waals surface area contributed by atoms with Gasteiger partial charge in [-0.3, -0.25) is 19.3 Å². The monoisotopic (exact) mass is 907 g/mol. The smallest absolute Gasteiger partial charge is 0.421 e. The van der Waals surface area contributed by atoms with Gasteiger partial charge in [0.1, 0.15) is 36.5 Å². The molecule has 1 spiro atoms. The van der Waals surface area contributed by atoms with E-state index in [9.17, 15) is 19.8 Å². The minimum atomic E-state index is -2.14. The van der Waals surface area contributed by atoms with Crippen molar-refractivity contribution in [2.24, 2.45) is 11.7 Å². The number of imide groups is 1. The molecule has 7 atom stereocenters. The van der Waals surface area contributed by atoms with E-state index in [0.717, 1.165) is 4.90 Å². The van der Waals surface area contributed by atoms with Crippen LogP contribution in [0.5, 0.6) is 5.75 Å². The molecule has 0 aliphatic carbocycles. The molecular formula is C51H49N5O11. The average Bonchev–Trinajstić information content (AvgIpc) is 3.81. The van der Waals surface area contributed by atoms with Crippen LogP contribution in [0.4, 0.5) is 15.3 Å². The lowest BCUT2D eigenvalue weighted by Crippen LogP contribution is -2.56. The number of nitrogens with zero attached hydrogens (tertiary/aromatic N) is 2. The largest absolute Gasteiger partial charge is 0.491 e. The highest BCUT2D eigenvalue weighted by atomic mass is 16.6. The average molecular weight is 908 g/mol. The number of aliphatic hydroxyl groups is 2. The second-order valence-electron chi connectivity index (χ2n) is 16.1. The zero-order chi connectivity index (χ0) is 47.1. The summed E-state index contributed by atoms with van der Waals surface area (Å²) in [6.07, 6.45) is -3.21. The summed E-state index contributed by atoms with van der Waals surface area (Å²) in [5, 5.41) is 26.2. The Balaban J connectivity index is 1.42. The second-order valence-corrected chi connectivity index (χ2v) is 16.1. The number of carbonyl (C=O) groups excluding carboxylic acids is 5. The van der Waals surface area contributed by atoms with Crippen LogP contribution in [0.2, 0.25) is 0 Å². The third-order valence-corrected chi connectivity index (χ3v) is 12.2. The van der Waals surface area contributed by atoms with Crippen LogP contribution in [0.15, 0.2) is 133 Å². The maximum absolute atomic E-state index is 16.3. The number of nitrogens with two attached hydrogens (primary N) is 1. The van der Waals surface area contributed by atoms with E-state index in [1.54, 1.807) is 66.7 Å². The number of rotatable bonds is 14. The lowest BCUT2D eigenvalue weighted by atomic mass is 9.65. The van der Waals surface area contributed by atoms with Gasteiger partial charge in [0.25, 0.3) is 0 Å². The number of hydrogen-bond acceptors (Lipinski definition) is 12. The first-order valence-corrected chi connectivity index (χ1v) is 21.7. The Morgan fingerprint density at radius 1 is 0.821 bits per heavy atom. The molecule has 5 amide bonds. The van der Waals surface area contributed by atoms with Gasteiger partial charge < -0.3 is 45.5 Å². The summed E-state index contributed by atoms with van der Waals surface area (Å²) in [7, 11) is 1.43. The van der Waals surface area contributed by atoms with E-state index in [1.807, 2.05) is 65.6 Å². The molecule has 2 fully saturated rings. The lowest BCUT2D eigenvalue weighted by molar-refractivity contribution is -0.178. The Morgan fingerprint density at radius 2 is 1.49 bits per heavy atom. The molecule has 67 heavy (non-hydrogen) atoms. The third kappa shape index (κ3) is 8.93. The molecule has 3 aliphatic heterocycles. The van der Waals surface area contributed by atoms with Gasteiger partial charge in [-0.1, -0.05) is 115 Å². The molecule has 0 saturated carbocycles. The Kier molecular flexibility index (Phi) is 13.9. The molecule has 6 N–H and O–H groups in total. The predicted octanol–water partition coefficient (Wildman–Crippen LogP) is 4.38. The first kappa shape index (κ1) is 46.0. The predicted molar refractivity (Wildman–Crippen MR) is 243 cm³/mol. The minimum Gasteiger partial charge on any atom is -0.491 e. The van der Waals surface area contributed by atoms with Gasteiger partial charge in [0, 0.05) is 19.2 Å². The maximum Gasteiger partial charge on any atom is 0.421 e. The number of ether oxygens (including phenoxy) is 4. The van der Waals surface area contributed by atoms with Crippen molar-refractivity contribution in [1.29, 1.82) is 0 Å². The van der Waals surface area contributed by atoms with Gasteiger partial charge in [-0.05, 0) is 58.1 Å². The molecule has 0 aromatic heterocycles. The Morgan fingerprint density at radius 3 is 2.15 bits per heavy atom. The summed E-state index contributed by atoms with van der Waals surface area (Å²) >= 11 is 0. The molecular weight excluding hydrogens is 859 g/mol. The zero-order valence-electron chi connectivity index (χ0n) is 36.4. The van der Waals surface area contributed by atoms with Crippen molar-refractivity contribution < 1.29 is 53.1 Å². The third-order valence-electron chi connectivity index (χ3n) is 12.2. The number of nitrogens with one attached hydrogen (secondary N) is 2. The molecule has 3 heterocycles. The number of aliphatic hydroxyl groups excluding tert-OH is 2. The molecule has 3 aliphatic rings. The van der Waals surface area contributed by atoms with Crippen LogP contribution in [0.1, 0.15) is 57.7 Å². The van der Waals surface area contributed by atoms with E-state index in [-0.39, 0.29) is 50.8 Å². The topological polar surface area (TPSA) is 219 Å². The number of anilines is 1. The van der Waals surface area contributed by atoms with Crippen molar-refractivity contribution in [3.05, 3.63) is 167 Å². The van der Waals surface area contributed by atoms with Crippen LogP contribution in [0.3, 0.4) is 0 Å². The molecule has 2 saturated heterocycles. The minimum absolute atomic E-state index is 0.00342. The quantitative estimate of drug-likeness (QED) is 0.0596. The van der Waals surface area contributed by atoms with E-state index in [0.29, 0.717) is 33.6 Å². The van der Waals surface area contributed by atoms with Crippen LogP contribution in [-0.2, 0) is 34.0 Å². The van der Waals surface area contributed by atoms with Crippen molar-refractivity contribution in [2.45, 2.75) is 35.7 Å². The van der Waals surface area contributed by atoms with Crippen molar-refractivity contribution in [1.82, 2.24) is 15.5 Å². The summed E-state index contributed by atoms with van der Waals surface area (Å²) in [5.41, 5.74) is 6.05. The Bertz CT molecular complexity index is 2660. The van der Waals surface area contributed by atoms with Crippen LogP contribution < -0.4 is 26.0 Å². The van der Waals surface area contributed by atoms with Crippen molar-refractivity contribution in [3.8, 4) is 17.6 Å². The summed E-state index contributed by atoms with van der Waals surface area (Å²) in [6.45, 7) is -0.861. The van der Waals surface area contributed by atoms with E-state index >= 15 is 14.4 Å². The van der Waals surface area contributed by atoms with Crippen molar-refractivity contribution in [3.63, 3.8) is 0 Å². The highest BCUT2D eigenvalue weighted by Crippen LogP contribution is 2.66. The van der Waals surface area contributed by atoms with Crippen LogP contribution in [0.25, 0.3) is 0 Å². The number of methoxy groups -OCH3 is 1. The van der Waals surface area contributed by atoms with E-state index in [2.05, 4.69) is 22.5 Å². The number of amides is 5. The maximum atomic E-state index is 16.3. The van der Waals surface area contributed by atoms with Crippen molar-refractivity contribution in [2.75, 3.05) is 51.5 Å². The van der Waals surface area contributed by atoms with Gasteiger partial charge in [0.05, 0.1) is 49.6 Å². The normalized spacial score (nSPS) is 22.1. The van der Waals surface area contributed by atoms with Crippen molar-refractivity contribution >= 4 is 35.6 Å². The standard InChI is InChI=1S/C51H49N5O11/c1-64-28-29-66-50(63)55-39-24-19-32(12-11-25-53-49(52)62)30-38(39)51(48(55)61)41(46(59)54-31-40(58)33-13-5-2-6-14-33)43-47(60)67-44(35-17-9-4-10-18-35)42(34-15-7-3-8-16-34)56(43)45(51)36-20-22-37(23-21-36)65-27-26-57/h2-10,13-24,30,40-45,57-58H,25-29,31H2,1H3,(H,54,59)(H3,52,53,62)/t40-,41+,42+,43+,44-,45-,51+/m0/s1. The first-order chi connectivity index (χ1) is 32.6. The van der Waals surface area contributed by atoms with Crippen LogP contribution in [-0.4, -0.2) is 97.7 Å². The summed E-state index contributed by atoms with van der Waals surface area (Å²) in [5.74, 6) is 2.14. The fourth-order valence-electron chi connectivity index (χ4n) is 9.53. The number of morpholine rings is 1. The highest BCUT2D eigenvalue weighted by Gasteiger charge is 2.75. The van der Waals surface area contributed by atoms with Crippen LogP contribution in [0, 0.1) is 17.8 Å². The fraction of sp³-hybridized carbons (Fsp3) is 0.275. The SMILES string of the molecule is COCCOC(=O)N1C(=O)[C@@]2(c3cc(C#CCNC(N)=O)ccc31)[C@H](c1ccc(OCCO)cc1)N1[C@H](c3ccccc3)[C@H](c3ccccc3)OC(=O)[C@H]1[C@@H]2C(=O)NC[C@H](O)c1ccccc1. The van der Waals surface area contributed by atoms with Gasteiger partial charge in [0.15, 0.2) is 0 Å². The number of esters is 1. The lowest BCUT2D eigenvalue weighted by Gasteiger charge is -2.46. The number of fused-ring (bicyclic) bond motifs is 3. The molecule has 0 bridgehead atoms. The molecule has 0 radical (unpaired) electrons. The number of primary amides is 1. The van der Waals surface area contributed by atoms with Gasteiger partial charge in [-0.15, -0.1) is 0 Å². The molecule has 344 valence electrons. The molecule has 5 aromatic carbocycles. The summed E-state index contributed by atoms with van der Waals surface area (Å²) in [6, 6.07) is 34.3. The molecule has 16 nitrogen and oxygen atoms in total. The van der Waals surface area contributed by atoms with Gasteiger partial charge >= 0.3 is 18.1 Å². The molecule has 0 unspecified atom stereocenters. The van der Waals surface area contributed by atoms with Gasteiger partial charge in [-0.25, -0.2) is 14.5 Å². The number of benzene rings is 5. The molecule has 5 aromatic rings. The zero-order valence-corrected chi connectivity index (χ0v) is 36.4. The Labute approximate surface area is 386 Å². The van der Waals surface area contributed by atoms with Gasteiger partial charge in [0.2, 0.25) is 11.8 Å². The fourth-order valence-corrected chi connectivity index (χ4v) is 9.53. The number of carbonyl (C=O) groups is 5. The number of cyclic esters (lactones) is 1. The molecule has 8 rings (SSSR count). The van der Waals surface area contributed by atoms with Gasteiger partial charge in [-0.2, -0.15) is 0 Å². The van der Waals surface area contributed by atoms with Crippen LogP contribution >= 0.6 is 0 Å². The molecule has 16 heteroatoms. The van der Waals surface area contributed by atoms with E-state index < -0.39 is 71.6 Å². The second kappa shape index (κ2) is 20.3. The number of urea groups is 1. The van der Waals surface area contributed by atoms with E-state index in [4.69, 9.17) is 24.7 Å².